The molecule has 1 atom stereocenters. The second-order valence-corrected chi connectivity index (χ2v) is 3.75. The minimum atomic E-state index is 0.0358. The molecule has 0 bridgehead atoms. The molecule has 1 heterocycles. The number of methoxy groups -OCH3 is 1. The largest absolute Gasteiger partial charge is 0.392 e. The van der Waals surface area contributed by atoms with Crippen molar-refractivity contribution in [1.29, 1.82) is 0 Å². The number of aliphatic hydroxyl groups is 1. The van der Waals surface area contributed by atoms with Crippen LogP contribution in [0.15, 0.2) is 18.5 Å². The molecule has 1 rings (SSSR count). The number of aromatic nitrogens is 1. The molecule has 1 aromatic rings. The zero-order valence-electron chi connectivity index (χ0n) is 10.2. The van der Waals surface area contributed by atoms with Crippen molar-refractivity contribution < 1.29 is 9.84 Å². The number of nitrogens with zero attached hydrogens (tertiary/aromatic N) is 2. The van der Waals surface area contributed by atoms with Crippen LogP contribution in [-0.2, 0) is 11.3 Å². The summed E-state index contributed by atoms with van der Waals surface area (Å²) < 4.78 is 5.16. The van der Waals surface area contributed by atoms with Gasteiger partial charge in [0.1, 0.15) is 0 Å². The number of anilines is 1. The Morgan fingerprint density at radius 1 is 1.56 bits per heavy atom. The van der Waals surface area contributed by atoms with Crippen molar-refractivity contribution in [2.75, 3.05) is 25.2 Å². The molecule has 1 aromatic heterocycles. The second kappa shape index (κ2) is 6.45. The van der Waals surface area contributed by atoms with E-state index in [-0.39, 0.29) is 12.6 Å². The highest BCUT2D eigenvalue weighted by Crippen LogP contribution is 2.21. The Balaban J connectivity index is 2.93. The first-order valence-corrected chi connectivity index (χ1v) is 5.53. The third kappa shape index (κ3) is 2.93. The van der Waals surface area contributed by atoms with Crippen LogP contribution in [0.1, 0.15) is 19.4 Å². The van der Waals surface area contributed by atoms with E-state index in [1.165, 1.54) is 0 Å². The van der Waals surface area contributed by atoms with E-state index in [1.807, 2.05) is 6.07 Å². The van der Waals surface area contributed by atoms with Crippen LogP contribution in [0.3, 0.4) is 0 Å². The van der Waals surface area contributed by atoms with Crippen LogP contribution in [0, 0.1) is 0 Å². The third-order valence-electron chi connectivity index (χ3n) is 2.65. The highest BCUT2D eigenvalue weighted by molar-refractivity contribution is 5.52. The van der Waals surface area contributed by atoms with E-state index in [0.29, 0.717) is 6.61 Å². The number of hydrogen-bond acceptors (Lipinski definition) is 4. The molecule has 0 fully saturated rings. The summed E-state index contributed by atoms with van der Waals surface area (Å²) in [5.41, 5.74) is 1.89. The minimum Gasteiger partial charge on any atom is -0.392 e. The third-order valence-corrected chi connectivity index (χ3v) is 2.65. The summed E-state index contributed by atoms with van der Waals surface area (Å²) in [6, 6.07) is 2.11. The van der Waals surface area contributed by atoms with E-state index in [1.54, 1.807) is 19.5 Å². The Labute approximate surface area is 96.9 Å². The number of ether oxygens (including phenoxy) is 1. The van der Waals surface area contributed by atoms with Crippen molar-refractivity contribution in [2.24, 2.45) is 0 Å². The van der Waals surface area contributed by atoms with Gasteiger partial charge in [-0.25, -0.2) is 0 Å². The van der Waals surface area contributed by atoms with Crippen LogP contribution < -0.4 is 4.90 Å². The van der Waals surface area contributed by atoms with Gasteiger partial charge in [0.15, 0.2) is 0 Å². The number of hydrogen-bond donors (Lipinski definition) is 1. The van der Waals surface area contributed by atoms with Crippen LogP contribution in [0.25, 0.3) is 0 Å². The number of pyridine rings is 1. The molecular formula is C12H20N2O2. The van der Waals surface area contributed by atoms with Gasteiger partial charge in [0.2, 0.25) is 0 Å². The zero-order valence-corrected chi connectivity index (χ0v) is 10.2. The highest BCUT2D eigenvalue weighted by Gasteiger charge is 2.15. The van der Waals surface area contributed by atoms with E-state index < -0.39 is 0 Å². The Kier molecular flexibility index (Phi) is 5.22. The molecule has 1 unspecified atom stereocenters. The minimum absolute atomic E-state index is 0.0358. The lowest BCUT2D eigenvalue weighted by Crippen LogP contribution is -2.36. The molecule has 0 saturated heterocycles. The molecule has 4 heteroatoms. The summed E-state index contributed by atoms with van der Waals surface area (Å²) in [6.07, 6.45) is 3.49. The molecule has 0 aromatic carbocycles. The lowest BCUT2D eigenvalue weighted by atomic mass is 10.2. The van der Waals surface area contributed by atoms with Gasteiger partial charge in [-0.2, -0.15) is 0 Å². The molecule has 0 aliphatic carbocycles. The Hall–Kier alpha value is -1.13. The predicted octanol–water partition coefficient (Wildman–Crippen LogP) is 1.44. The van der Waals surface area contributed by atoms with Gasteiger partial charge in [-0.3, -0.25) is 4.98 Å². The molecule has 0 aliphatic rings. The van der Waals surface area contributed by atoms with Gasteiger partial charge < -0.3 is 14.7 Å². The van der Waals surface area contributed by atoms with Crippen LogP contribution in [0.2, 0.25) is 0 Å². The summed E-state index contributed by atoms with van der Waals surface area (Å²) in [6.45, 7) is 5.74. The fraction of sp³-hybridized carbons (Fsp3) is 0.583. The van der Waals surface area contributed by atoms with Gasteiger partial charge >= 0.3 is 0 Å². The molecule has 0 radical (unpaired) electrons. The number of likely N-dealkylation sites (N-methyl/N-ethyl adjacent to an activating group) is 1. The van der Waals surface area contributed by atoms with Crippen molar-refractivity contribution in [3.8, 4) is 0 Å². The van der Waals surface area contributed by atoms with Crippen LogP contribution in [0.4, 0.5) is 5.69 Å². The fourth-order valence-corrected chi connectivity index (χ4v) is 1.86. The molecule has 0 saturated carbocycles. The molecule has 1 N–H and O–H groups in total. The lowest BCUT2D eigenvalue weighted by Gasteiger charge is -2.30. The van der Waals surface area contributed by atoms with Crippen LogP contribution in [-0.4, -0.2) is 36.4 Å². The Morgan fingerprint density at radius 2 is 2.31 bits per heavy atom. The van der Waals surface area contributed by atoms with Crippen molar-refractivity contribution in [1.82, 2.24) is 4.98 Å². The van der Waals surface area contributed by atoms with Gasteiger partial charge in [-0.05, 0) is 19.9 Å². The Bertz CT molecular complexity index is 318. The predicted molar refractivity (Wildman–Crippen MR) is 64.5 cm³/mol. The van der Waals surface area contributed by atoms with Crippen molar-refractivity contribution in [3.63, 3.8) is 0 Å². The van der Waals surface area contributed by atoms with E-state index in [2.05, 4.69) is 23.7 Å². The first-order valence-electron chi connectivity index (χ1n) is 5.53. The second-order valence-electron chi connectivity index (χ2n) is 3.75. The quantitative estimate of drug-likeness (QED) is 0.794. The maximum Gasteiger partial charge on any atom is 0.0703 e. The standard InChI is InChI=1S/C12H20N2O2/c1-4-14(10(2)9-16-3)12-7-13-6-5-11(12)8-15/h5-7,10,15H,4,8-9H2,1-3H3. The first-order chi connectivity index (χ1) is 7.74. The SMILES string of the molecule is CCN(c1cnccc1CO)C(C)COC. The average Bonchev–Trinajstić information content (AvgIpc) is 2.31. The fourth-order valence-electron chi connectivity index (χ4n) is 1.86. The maximum absolute atomic E-state index is 9.29. The van der Waals surface area contributed by atoms with E-state index in [9.17, 15) is 5.11 Å². The Morgan fingerprint density at radius 3 is 2.88 bits per heavy atom. The smallest absolute Gasteiger partial charge is 0.0703 e. The summed E-state index contributed by atoms with van der Waals surface area (Å²) in [5.74, 6) is 0. The van der Waals surface area contributed by atoms with Crippen LogP contribution in [0.5, 0.6) is 0 Å². The van der Waals surface area contributed by atoms with E-state index in [4.69, 9.17) is 4.74 Å². The van der Waals surface area contributed by atoms with Gasteiger partial charge in [-0.1, -0.05) is 0 Å². The topological polar surface area (TPSA) is 45.6 Å². The molecule has 0 amide bonds. The monoisotopic (exact) mass is 224 g/mol. The average molecular weight is 224 g/mol. The van der Waals surface area contributed by atoms with Crippen molar-refractivity contribution >= 4 is 5.69 Å². The summed E-state index contributed by atoms with van der Waals surface area (Å²) >= 11 is 0. The first kappa shape index (κ1) is 12.9. The van der Waals surface area contributed by atoms with Crippen molar-refractivity contribution in [3.05, 3.63) is 24.0 Å². The molecule has 16 heavy (non-hydrogen) atoms. The summed E-state index contributed by atoms with van der Waals surface area (Å²) in [4.78, 5) is 6.29. The van der Waals surface area contributed by atoms with Gasteiger partial charge in [0.05, 0.1) is 25.1 Å². The molecule has 0 spiro atoms. The van der Waals surface area contributed by atoms with E-state index >= 15 is 0 Å². The van der Waals surface area contributed by atoms with Gasteiger partial charge in [-0.15, -0.1) is 0 Å². The van der Waals surface area contributed by atoms with Gasteiger partial charge in [0, 0.05) is 31.5 Å². The summed E-state index contributed by atoms with van der Waals surface area (Å²) in [7, 11) is 1.69. The van der Waals surface area contributed by atoms with Crippen molar-refractivity contribution in [2.45, 2.75) is 26.5 Å². The molecule has 90 valence electrons. The maximum atomic E-state index is 9.29. The molecule has 0 aliphatic heterocycles. The van der Waals surface area contributed by atoms with E-state index in [0.717, 1.165) is 17.8 Å². The summed E-state index contributed by atoms with van der Waals surface area (Å²) in [5, 5.41) is 9.29. The number of rotatable bonds is 6. The normalized spacial score (nSPS) is 12.5. The zero-order chi connectivity index (χ0) is 12.0. The molecule has 4 nitrogen and oxygen atoms in total. The lowest BCUT2D eigenvalue weighted by molar-refractivity contribution is 0.181. The molecular weight excluding hydrogens is 204 g/mol. The number of aliphatic hydroxyl groups excluding tert-OH is 1. The highest BCUT2D eigenvalue weighted by atomic mass is 16.5. The van der Waals surface area contributed by atoms with Crippen LogP contribution >= 0.6 is 0 Å². The van der Waals surface area contributed by atoms with Gasteiger partial charge in [0.25, 0.3) is 0 Å².